The van der Waals surface area contributed by atoms with Gasteiger partial charge in [-0.2, -0.15) is 0 Å². The van der Waals surface area contributed by atoms with Crippen molar-refractivity contribution in [3.05, 3.63) is 0 Å². The van der Waals surface area contributed by atoms with Crippen molar-refractivity contribution in [2.45, 2.75) is 63.2 Å². The molecule has 0 aromatic heterocycles. The van der Waals surface area contributed by atoms with Crippen LogP contribution in [0.5, 0.6) is 0 Å². The van der Waals surface area contributed by atoms with Crippen molar-refractivity contribution in [2.24, 2.45) is 0 Å². The molecule has 0 bridgehead atoms. The molecule has 15 heavy (non-hydrogen) atoms. The molecule has 3 heteroatoms. The quantitative estimate of drug-likeness (QED) is 0.745. The van der Waals surface area contributed by atoms with Crippen LogP contribution in [-0.4, -0.2) is 36.0 Å². The third-order valence-electron chi connectivity index (χ3n) is 3.77. The SMILES string of the molecule is CCOC1CC(O)(C2CCCCCN2)C1. The van der Waals surface area contributed by atoms with Crippen molar-refractivity contribution in [3.63, 3.8) is 0 Å². The highest BCUT2D eigenvalue weighted by atomic mass is 16.5. The van der Waals surface area contributed by atoms with Gasteiger partial charge in [-0.25, -0.2) is 0 Å². The molecule has 2 fully saturated rings. The Bertz CT molecular complexity index is 194. The fourth-order valence-corrected chi connectivity index (χ4v) is 2.85. The van der Waals surface area contributed by atoms with Gasteiger partial charge >= 0.3 is 0 Å². The van der Waals surface area contributed by atoms with Crippen LogP contribution >= 0.6 is 0 Å². The van der Waals surface area contributed by atoms with Crippen LogP contribution in [0.3, 0.4) is 0 Å². The Morgan fingerprint density at radius 1 is 1.33 bits per heavy atom. The Labute approximate surface area is 92.2 Å². The van der Waals surface area contributed by atoms with Crippen LogP contribution in [0.15, 0.2) is 0 Å². The summed E-state index contributed by atoms with van der Waals surface area (Å²) in [6.07, 6.45) is 6.85. The van der Waals surface area contributed by atoms with Crippen molar-refractivity contribution in [3.8, 4) is 0 Å². The fraction of sp³-hybridized carbons (Fsp3) is 1.00. The summed E-state index contributed by atoms with van der Waals surface area (Å²) in [7, 11) is 0. The minimum Gasteiger partial charge on any atom is -0.388 e. The van der Waals surface area contributed by atoms with Gasteiger partial charge in [0.25, 0.3) is 0 Å². The van der Waals surface area contributed by atoms with Gasteiger partial charge < -0.3 is 15.2 Å². The van der Waals surface area contributed by atoms with E-state index in [4.69, 9.17) is 4.74 Å². The Hall–Kier alpha value is -0.120. The molecule has 1 saturated heterocycles. The van der Waals surface area contributed by atoms with Gasteiger partial charge in [-0.1, -0.05) is 12.8 Å². The Balaban J connectivity index is 1.82. The first-order valence-electron chi connectivity index (χ1n) is 6.32. The lowest BCUT2D eigenvalue weighted by atomic mass is 9.71. The Morgan fingerprint density at radius 3 is 2.87 bits per heavy atom. The molecular weight excluding hydrogens is 190 g/mol. The predicted octanol–water partition coefficient (Wildman–Crippen LogP) is 1.45. The van der Waals surface area contributed by atoms with Crippen LogP contribution in [-0.2, 0) is 4.74 Å². The summed E-state index contributed by atoms with van der Waals surface area (Å²) in [6, 6.07) is 0.303. The second-order valence-electron chi connectivity index (χ2n) is 4.95. The molecule has 88 valence electrons. The lowest BCUT2D eigenvalue weighted by Crippen LogP contribution is -2.60. The zero-order chi connectivity index (χ0) is 10.7. The first-order valence-corrected chi connectivity index (χ1v) is 6.32. The van der Waals surface area contributed by atoms with Crippen LogP contribution in [0, 0.1) is 0 Å². The van der Waals surface area contributed by atoms with Crippen LogP contribution in [0.2, 0.25) is 0 Å². The highest BCUT2D eigenvalue weighted by molar-refractivity contribution is 5.03. The Kier molecular flexibility index (Phi) is 3.65. The maximum atomic E-state index is 10.4. The summed E-state index contributed by atoms with van der Waals surface area (Å²) in [5.74, 6) is 0. The second-order valence-corrected chi connectivity index (χ2v) is 4.95. The second kappa shape index (κ2) is 4.81. The molecule has 0 aromatic rings. The molecule has 0 radical (unpaired) electrons. The molecule has 0 aromatic carbocycles. The number of ether oxygens (including phenoxy) is 1. The van der Waals surface area contributed by atoms with Crippen LogP contribution in [0.1, 0.15) is 45.4 Å². The highest BCUT2D eigenvalue weighted by Gasteiger charge is 2.48. The van der Waals surface area contributed by atoms with E-state index in [-0.39, 0.29) is 0 Å². The van der Waals surface area contributed by atoms with E-state index in [0.29, 0.717) is 12.1 Å². The fourth-order valence-electron chi connectivity index (χ4n) is 2.85. The minimum atomic E-state index is -0.482. The van der Waals surface area contributed by atoms with Crippen molar-refractivity contribution in [1.29, 1.82) is 0 Å². The molecule has 1 heterocycles. The monoisotopic (exact) mass is 213 g/mol. The van der Waals surface area contributed by atoms with Crippen LogP contribution in [0.25, 0.3) is 0 Å². The summed E-state index contributed by atoms with van der Waals surface area (Å²) >= 11 is 0. The lowest BCUT2D eigenvalue weighted by Gasteiger charge is -2.48. The van der Waals surface area contributed by atoms with Crippen molar-refractivity contribution in [1.82, 2.24) is 5.32 Å². The van der Waals surface area contributed by atoms with Gasteiger partial charge in [-0.3, -0.25) is 0 Å². The number of hydrogen-bond acceptors (Lipinski definition) is 3. The zero-order valence-electron chi connectivity index (χ0n) is 9.67. The number of aliphatic hydroxyl groups is 1. The molecular formula is C12H23NO2. The van der Waals surface area contributed by atoms with Gasteiger partial charge in [0.05, 0.1) is 11.7 Å². The van der Waals surface area contributed by atoms with Gasteiger partial charge in [0, 0.05) is 25.5 Å². The third kappa shape index (κ3) is 2.52. The first kappa shape index (κ1) is 11.4. The molecule has 0 spiro atoms. The summed E-state index contributed by atoms with van der Waals surface area (Å²) < 4.78 is 5.51. The van der Waals surface area contributed by atoms with Gasteiger partial charge in [0.2, 0.25) is 0 Å². The van der Waals surface area contributed by atoms with Crippen molar-refractivity contribution < 1.29 is 9.84 Å². The molecule has 1 saturated carbocycles. The van der Waals surface area contributed by atoms with E-state index in [1.165, 1.54) is 19.3 Å². The van der Waals surface area contributed by atoms with E-state index in [1.807, 2.05) is 6.92 Å². The van der Waals surface area contributed by atoms with E-state index < -0.39 is 5.60 Å². The Morgan fingerprint density at radius 2 is 2.13 bits per heavy atom. The minimum absolute atomic E-state index is 0.296. The zero-order valence-corrected chi connectivity index (χ0v) is 9.67. The predicted molar refractivity (Wildman–Crippen MR) is 59.9 cm³/mol. The summed E-state index contributed by atoms with van der Waals surface area (Å²) in [5.41, 5.74) is -0.482. The molecule has 1 atom stereocenters. The maximum absolute atomic E-state index is 10.4. The molecule has 2 N–H and O–H groups in total. The largest absolute Gasteiger partial charge is 0.388 e. The van der Waals surface area contributed by atoms with E-state index in [2.05, 4.69) is 5.32 Å². The average molecular weight is 213 g/mol. The molecule has 1 unspecified atom stereocenters. The van der Waals surface area contributed by atoms with Gasteiger partial charge in [-0.05, 0) is 26.3 Å². The van der Waals surface area contributed by atoms with Gasteiger partial charge in [0.1, 0.15) is 0 Å². The molecule has 1 aliphatic carbocycles. The standard InChI is InChI=1S/C12H23NO2/c1-2-15-10-8-12(14,9-10)11-6-4-3-5-7-13-11/h10-11,13-14H,2-9H2,1H3. The van der Waals surface area contributed by atoms with Gasteiger partial charge in [0.15, 0.2) is 0 Å². The topological polar surface area (TPSA) is 41.5 Å². The number of hydrogen-bond donors (Lipinski definition) is 2. The molecule has 1 aliphatic heterocycles. The normalized spacial score (nSPS) is 42.0. The van der Waals surface area contributed by atoms with E-state index in [9.17, 15) is 5.11 Å². The third-order valence-corrected chi connectivity index (χ3v) is 3.77. The van der Waals surface area contributed by atoms with Crippen molar-refractivity contribution >= 4 is 0 Å². The smallest absolute Gasteiger partial charge is 0.0849 e. The summed E-state index contributed by atoms with van der Waals surface area (Å²) in [6.45, 7) is 3.84. The van der Waals surface area contributed by atoms with E-state index in [0.717, 1.165) is 32.4 Å². The maximum Gasteiger partial charge on any atom is 0.0849 e. The molecule has 3 nitrogen and oxygen atoms in total. The lowest BCUT2D eigenvalue weighted by molar-refractivity contribution is -0.154. The average Bonchev–Trinajstić information content (AvgIpc) is 2.43. The highest BCUT2D eigenvalue weighted by Crippen LogP contribution is 2.39. The first-order chi connectivity index (χ1) is 7.24. The van der Waals surface area contributed by atoms with Gasteiger partial charge in [-0.15, -0.1) is 0 Å². The van der Waals surface area contributed by atoms with Crippen LogP contribution in [0.4, 0.5) is 0 Å². The number of rotatable bonds is 3. The number of nitrogens with one attached hydrogen (secondary N) is 1. The van der Waals surface area contributed by atoms with E-state index >= 15 is 0 Å². The molecule has 2 aliphatic rings. The van der Waals surface area contributed by atoms with Crippen LogP contribution < -0.4 is 5.32 Å². The summed E-state index contributed by atoms with van der Waals surface area (Å²) in [4.78, 5) is 0. The molecule has 0 amide bonds. The van der Waals surface area contributed by atoms with Crippen molar-refractivity contribution in [2.75, 3.05) is 13.2 Å². The summed E-state index contributed by atoms with van der Waals surface area (Å²) in [5, 5.41) is 13.9. The molecule has 2 rings (SSSR count). The van der Waals surface area contributed by atoms with E-state index in [1.54, 1.807) is 0 Å².